The summed E-state index contributed by atoms with van der Waals surface area (Å²) in [6.07, 6.45) is -4.25. The highest BCUT2D eigenvalue weighted by atomic mass is 19.4. The van der Waals surface area contributed by atoms with E-state index in [0.717, 1.165) is 6.07 Å². The molecule has 2 rings (SSSR count). The van der Waals surface area contributed by atoms with Gasteiger partial charge in [-0.2, -0.15) is 13.2 Å². The first-order chi connectivity index (χ1) is 13.1. The van der Waals surface area contributed by atoms with Crippen LogP contribution in [0.15, 0.2) is 47.4 Å². The van der Waals surface area contributed by atoms with Crippen molar-refractivity contribution in [2.24, 2.45) is 0 Å². The summed E-state index contributed by atoms with van der Waals surface area (Å²) in [6, 6.07) is 6.47. The van der Waals surface area contributed by atoms with E-state index in [-0.39, 0.29) is 11.4 Å². The van der Waals surface area contributed by atoms with Gasteiger partial charge in [0.1, 0.15) is 12.2 Å². The van der Waals surface area contributed by atoms with Crippen LogP contribution in [0.25, 0.3) is 0 Å². The van der Waals surface area contributed by atoms with Crippen molar-refractivity contribution in [2.75, 3.05) is 11.9 Å². The molecule has 148 valence electrons. The Hall–Kier alpha value is -3.70. The number of halogens is 3. The van der Waals surface area contributed by atoms with Gasteiger partial charge >= 0.3 is 12.1 Å². The van der Waals surface area contributed by atoms with Crippen molar-refractivity contribution in [2.45, 2.75) is 12.7 Å². The van der Waals surface area contributed by atoms with E-state index in [4.69, 9.17) is 0 Å². The number of ether oxygens (including phenoxy) is 1. The number of hydrogen-bond donors (Lipinski definition) is 1. The molecule has 2 aromatic rings. The summed E-state index contributed by atoms with van der Waals surface area (Å²) >= 11 is 0. The topological polar surface area (TPSA) is 121 Å². The van der Waals surface area contributed by atoms with E-state index in [0.29, 0.717) is 22.9 Å². The average molecular weight is 399 g/mol. The number of esters is 1. The van der Waals surface area contributed by atoms with Crippen LogP contribution < -0.4 is 10.9 Å². The number of para-hydroxylation sites is 2. The van der Waals surface area contributed by atoms with Crippen molar-refractivity contribution < 1.29 is 32.4 Å². The molecule has 0 atom stereocenters. The van der Waals surface area contributed by atoms with Gasteiger partial charge in [0.25, 0.3) is 17.2 Å². The van der Waals surface area contributed by atoms with Gasteiger partial charge < -0.3 is 14.6 Å². The van der Waals surface area contributed by atoms with E-state index in [1.807, 2.05) is 0 Å². The SMILES string of the molecule is O=C(COC(=O)Cn1cc(C(F)(F)F)ccc1=O)Nc1ccccc1[N+](=O)[O-]. The summed E-state index contributed by atoms with van der Waals surface area (Å²) in [5, 5.41) is 13.0. The van der Waals surface area contributed by atoms with Gasteiger partial charge in [-0.25, -0.2) is 0 Å². The summed E-state index contributed by atoms with van der Waals surface area (Å²) in [5.41, 5.74) is -2.50. The molecule has 12 heteroatoms. The lowest BCUT2D eigenvalue weighted by Gasteiger charge is -2.11. The molecule has 0 aliphatic heterocycles. The fourth-order valence-corrected chi connectivity index (χ4v) is 2.08. The minimum Gasteiger partial charge on any atom is -0.454 e. The first-order valence-corrected chi connectivity index (χ1v) is 7.54. The number of nitro groups is 1. The Morgan fingerprint density at radius 2 is 1.86 bits per heavy atom. The number of nitrogens with one attached hydrogen (secondary N) is 1. The summed E-state index contributed by atoms with van der Waals surface area (Å²) in [6.45, 7) is -1.69. The van der Waals surface area contributed by atoms with Gasteiger partial charge in [0, 0.05) is 18.3 Å². The van der Waals surface area contributed by atoms with Crippen LogP contribution >= 0.6 is 0 Å². The van der Waals surface area contributed by atoms with Crippen LogP contribution in [0.5, 0.6) is 0 Å². The zero-order valence-electron chi connectivity index (χ0n) is 13.9. The molecule has 0 fully saturated rings. The van der Waals surface area contributed by atoms with E-state index in [2.05, 4.69) is 10.1 Å². The molecule has 1 N–H and O–H groups in total. The minimum atomic E-state index is -4.70. The molecule has 0 bridgehead atoms. The lowest BCUT2D eigenvalue weighted by atomic mass is 10.2. The van der Waals surface area contributed by atoms with Crippen LogP contribution in [0.3, 0.4) is 0 Å². The molecule has 1 amide bonds. The second-order valence-corrected chi connectivity index (χ2v) is 5.36. The Bertz CT molecular complexity index is 971. The maximum atomic E-state index is 12.7. The number of alkyl halides is 3. The van der Waals surface area contributed by atoms with E-state index in [1.165, 1.54) is 18.2 Å². The average Bonchev–Trinajstić information content (AvgIpc) is 2.61. The van der Waals surface area contributed by atoms with Gasteiger partial charge in [0.05, 0.1) is 10.5 Å². The third-order valence-electron chi connectivity index (χ3n) is 3.35. The highest BCUT2D eigenvalue weighted by Gasteiger charge is 2.31. The standard InChI is InChI=1S/C16H12F3N3O6/c17-16(18,19)10-5-6-14(24)21(7-10)8-15(25)28-9-13(23)20-11-3-1-2-4-12(11)22(26)27/h1-7H,8-9H2,(H,20,23). The summed E-state index contributed by atoms with van der Waals surface area (Å²) in [4.78, 5) is 45.2. The summed E-state index contributed by atoms with van der Waals surface area (Å²) < 4.78 is 43.1. The number of benzene rings is 1. The second-order valence-electron chi connectivity index (χ2n) is 5.36. The maximum absolute atomic E-state index is 12.7. The van der Waals surface area contributed by atoms with Crippen LogP contribution in [0.4, 0.5) is 24.5 Å². The molecule has 0 saturated heterocycles. The monoisotopic (exact) mass is 399 g/mol. The summed E-state index contributed by atoms with van der Waals surface area (Å²) in [7, 11) is 0. The zero-order valence-corrected chi connectivity index (χ0v) is 13.9. The van der Waals surface area contributed by atoms with E-state index in [9.17, 15) is 37.7 Å². The second kappa shape index (κ2) is 8.33. The van der Waals surface area contributed by atoms with E-state index < -0.39 is 47.3 Å². The maximum Gasteiger partial charge on any atom is 0.417 e. The Morgan fingerprint density at radius 3 is 2.50 bits per heavy atom. The smallest absolute Gasteiger partial charge is 0.417 e. The molecule has 0 saturated carbocycles. The number of aromatic nitrogens is 1. The van der Waals surface area contributed by atoms with Gasteiger partial charge in [-0.15, -0.1) is 0 Å². The number of hydrogen-bond acceptors (Lipinski definition) is 6. The Labute approximate surface area is 154 Å². The minimum absolute atomic E-state index is 0.123. The largest absolute Gasteiger partial charge is 0.454 e. The first-order valence-electron chi connectivity index (χ1n) is 7.54. The highest BCUT2D eigenvalue weighted by Crippen LogP contribution is 2.28. The van der Waals surface area contributed by atoms with Gasteiger partial charge in [-0.3, -0.25) is 24.5 Å². The fraction of sp³-hybridized carbons (Fsp3) is 0.188. The molecule has 0 aliphatic carbocycles. The first kappa shape index (κ1) is 20.6. The van der Waals surface area contributed by atoms with Gasteiger partial charge in [0.15, 0.2) is 6.61 Å². The van der Waals surface area contributed by atoms with Crippen LogP contribution in [0, 0.1) is 10.1 Å². The normalized spacial score (nSPS) is 11.0. The van der Waals surface area contributed by atoms with Crippen LogP contribution in [0.2, 0.25) is 0 Å². The lowest BCUT2D eigenvalue weighted by molar-refractivity contribution is -0.383. The van der Waals surface area contributed by atoms with Crippen molar-refractivity contribution in [3.63, 3.8) is 0 Å². The molecular formula is C16H12F3N3O6. The van der Waals surface area contributed by atoms with E-state index in [1.54, 1.807) is 0 Å². The Morgan fingerprint density at radius 1 is 1.18 bits per heavy atom. The lowest BCUT2D eigenvalue weighted by Crippen LogP contribution is -2.28. The number of pyridine rings is 1. The number of carbonyl (C=O) groups is 2. The quantitative estimate of drug-likeness (QED) is 0.450. The van der Waals surface area contributed by atoms with Crippen molar-refractivity contribution in [3.05, 3.63) is 68.6 Å². The van der Waals surface area contributed by atoms with Crippen molar-refractivity contribution in [1.82, 2.24) is 4.57 Å². The predicted octanol–water partition coefficient (Wildman–Crippen LogP) is 1.96. The molecule has 9 nitrogen and oxygen atoms in total. The van der Waals surface area contributed by atoms with Crippen LogP contribution in [-0.2, 0) is 27.0 Å². The Balaban J connectivity index is 1.97. The van der Waals surface area contributed by atoms with Gasteiger partial charge in [-0.1, -0.05) is 12.1 Å². The molecule has 0 unspecified atom stereocenters. The molecule has 0 aliphatic rings. The number of anilines is 1. The van der Waals surface area contributed by atoms with Gasteiger partial charge in [-0.05, 0) is 12.1 Å². The molecule has 0 radical (unpaired) electrons. The number of amides is 1. The number of nitro benzene ring substituents is 1. The number of nitrogens with zero attached hydrogens (tertiary/aromatic N) is 2. The number of carbonyl (C=O) groups excluding carboxylic acids is 2. The summed E-state index contributed by atoms with van der Waals surface area (Å²) in [5.74, 6) is -2.04. The molecule has 1 heterocycles. The highest BCUT2D eigenvalue weighted by molar-refractivity contribution is 5.94. The molecule has 1 aromatic carbocycles. The molecular weight excluding hydrogens is 387 g/mol. The Kier molecular flexibility index (Phi) is 6.13. The van der Waals surface area contributed by atoms with Crippen LogP contribution in [0.1, 0.15) is 5.56 Å². The number of rotatable bonds is 6. The van der Waals surface area contributed by atoms with Crippen LogP contribution in [-0.4, -0.2) is 28.0 Å². The fourth-order valence-electron chi connectivity index (χ4n) is 2.08. The molecule has 1 aromatic heterocycles. The third-order valence-corrected chi connectivity index (χ3v) is 3.35. The zero-order chi connectivity index (χ0) is 20.9. The predicted molar refractivity (Wildman–Crippen MR) is 88.4 cm³/mol. The van der Waals surface area contributed by atoms with Crippen molar-refractivity contribution in [3.8, 4) is 0 Å². The van der Waals surface area contributed by atoms with E-state index >= 15 is 0 Å². The molecule has 0 spiro atoms. The van der Waals surface area contributed by atoms with Crippen molar-refractivity contribution in [1.29, 1.82) is 0 Å². The molecule has 28 heavy (non-hydrogen) atoms. The van der Waals surface area contributed by atoms with Crippen molar-refractivity contribution >= 4 is 23.3 Å². The van der Waals surface area contributed by atoms with Gasteiger partial charge in [0.2, 0.25) is 0 Å². The third kappa shape index (κ3) is 5.40.